The van der Waals surface area contributed by atoms with E-state index < -0.39 is 101 Å². The number of aldehydes is 1. The van der Waals surface area contributed by atoms with Crippen LogP contribution in [0.15, 0.2) is 128 Å². The molecule has 5 N–H and O–H groups in total. The van der Waals surface area contributed by atoms with Crippen molar-refractivity contribution in [1.82, 2.24) is 20.2 Å². The lowest BCUT2D eigenvalue weighted by atomic mass is 9.94. The van der Waals surface area contributed by atoms with E-state index in [-0.39, 0.29) is 50.8 Å². The number of carboxylic acids is 1. The standard InChI is InChI=1S/C25H22Cl2F4N4O2.C22H21ClF4N2O2.C7H5ClO.C7H9N.C7H11N.C2H3ClO2/c26-23-24(27)34(13-32-23)12-21(36)35(16-7-9-18(29)20(31)11-16)22(17-8-6-14(28)10-19(17)30)25(37)33-15-4-2-1-3-5-15;23-12-20(30)29(15-7-9-17(25)19(27)11-15)21(16-8-6-13(24)10-18(16)26)22(31)28-14-4-2-1-3-5-14;8-7-4-2-1-3-6(7)5-9;1-6-3-2-4-7(8)5-6;1-8-7-5-3-2-4-6-7;3-1-2(4)5/h6-11,13,15,22H,1-5,12H2,(H,33,37);6-11,14,21H,1-5,12H2,(H,28,31);1-5H;2-5H,8H2,1H3;7H,2-6H2;1H2,(H,4,5). The smallest absolute Gasteiger partial charge is 0.318 e. The van der Waals surface area contributed by atoms with Crippen LogP contribution < -0.4 is 26.2 Å². The molecule has 7 aromatic rings. The zero-order valence-corrected chi connectivity index (χ0v) is 56.7. The monoisotopic (exact) mass is 1460 g/mol. The topological polar surface area (TPSA) is 201 Å². The summed E-state index contributed by atoms with van der Waals surface area (Å²) in [6.07, 6.45) is 16.6. The van der Waals surface area contributed by atoms with Gasteiger partial charge in [0, 0.05) is 82.9 Å². The van der Waals surface area contributed by atoms with Gasteiger partial charge in [-0.3, -0.25) is 38.6 Å². The molecule has 3 fully saturated rings. The summed E-state index contributed by atoms with van der Waals surface area (Å²) >= 11 is 28.0. The molecule has 6 aromatic carbocycles. The number of benzene rings is 6. The van der Waals surface area contributed by atoms with Crippen LogP contribution in [0.1, 0.15) is 135 Å². The predicted molar refractivity (Wildman–Crippen MR) is 363 cm³/mol. The molecule has 3 saturated carbocycles. The largest absolute Gasteiger partial charge is 0.480 e. The highest BCUT2D eigenvalue weighted by Crippen LogP contribution is 2.35. The number of carbonyl (C=O) groups is 6. The summed E-state index contributed by atoms with van der Waals surface area (Å²) in [5.41, 5.74) is 7.02. The Morgan fingerprint density at radius 1 is 0.602 bits per heavy atom. The van der Waals surface area contributed by atoms with Gasteiger partial charge in [0.15, 0.2) is 34.7 Å². The van der Waals surface area contributed by atoms with Gasteiger partial charge in [0.1, 0.15) is 58.8 Å². The summed E-state index contributed by atoms with van der Waals surface area (Å²) in [6, 6.07) is 21.8. The van der Waals surface area contributed by atoms with E-state index in [0.29, 0.717) is 41.6 Å². The molecule has 28 heteroatoms. The second kappa shape index (κ2) is 41.2. The van der Waals surface area contributed by atoms with Gasteiger partial charge in [-0.2, -0.15) is 0 Å². The van der Waals surface area contributed by atoms with E-state index in [2.05, 4.69) is 20.5 Å². The number of hydrogen-bond acceptors (Lipinski definition) is 8. The first-order chi connectivity index (χ1) is 46.8. The minimum atomic E-state index is -1.68. The SMILES string of the molecule is Cc1cccc(N)c1.O=C(NC1CCCCC1)C(c1ccc(F)cc1F)N(C(=O)CCl)c1ccc(F)c(F)c1.O=C(NC1CCCCC1)C(c1ccc(F)cc1F)N(C(=O)Cn1cnc(Cl)c1Cl)c1ccc(F)c(F)c1.O=C(O)CCl.O=Cc1ccccc1Cl.[C-]#[N+]C1CCCCC1. The number of rotatable bonds is 15. The van der Waals surface area contributed by atoms with Crippen molar-refractivity contribution in [3.05, 3.63) is 223 Å². The van der Waals surface area contributed by atoms with Gasteiger partial charge in [0.25, 0.3) is 0 Å². The van der Waals surface area contributed by atoms with Crippen LogP contribution in [0.5, 0.6) is 0 Å². The Bertz CT molecular complexity index is 3840. The lowest BCUT2D eigenvalue weighted by molar-refractivity contribution is -0.134. The number of aromatic nitrogens is 2. The van der Waals surface area contributed by atoms with Crippen LogP contribution >= 0.6 is 58.0 Å². The summed E-state index contributed by atoms with van der Waals surface area (Å²) in [5.74, 6) is -13.8. The lowest BCUT2D eigenvalue weighted by Crippen LogP contribution is -2.48. The van der Waals surface area contributed by atoms with E-state index in [1.807, 2.05) is 31.2 Å². The Morgan fingerprint density at radius 3 is 1.41 bits per heavy atom. The van der Waals surface area contributed by atoms with Crippen LogP contribution in [-0.4, -0.2) is 80.4 Å². The fourth-order valence-electron chi connectivity index (χ4n) is 10.6. The van der Waals surface area contributed by atoms with Crippen LogP contribution in [0.2, 0.25) is 15.3 Å². The van der Waals surface area contributed by atoms with Crippen LogP contribution in [0, 0.1) is 60.0 Å². The number of nitrogens with zero attached hydrogens (tertiary/aromatic N) is 5. The lowest BCUT2D eigenvalue weighted by Gasteiger charge is -2.33. The van der Waals surface area contributed by atoms with Crippen molar-refractivity contribution in [3.8, 4) is 0 Å². The first-order valence-corrected chi connectivity index (χ1v) is 33.1. The minimum absolute atomic E-state index is 0.0728. The Hall–Kier alpha value is -8.27. The number of halogens is 13. The van der Waals surface area contributed by atoms with E-state index in [1.165, 1.54) is 35.7 Å². The first-order valence-electron chi connectivity index (χ1n) is 30.9. The maximum absolute atomic E-state index is 15.1. The van der Waals surface area contributed by atoms with Crippen LogP contribution in [0.25, 0.3) is 4.85 Å². The van der Waals surface area contributed by atoms with Crippen molar-refractivity contribution in [2.75, 3.05) is 27.3 Å². The molecule has 524 valence electrons. The summed E-state index contributed by atoms with van der Waals surface area (Å²) in [4.78, 5) is 81.6. The molecule has 3 aliphatic carbocycles. The van der Waals surface area contributed by atoms with Gasteiger partial charge in [-0.1, -0.05) is 122 Å². The third kappa shape index (κ3) is 25.2. The Morgan fingerprint density at radius 2 is 1.06 bits per heavy atom. The van der Waals surface area contributed by atoms with E-state index in [1.54, 1.807) is 24.3 Å². The van der Waals surface area contributed by atoms with E-state index in [9.17, 15) is 59.5 Å². The summed E-state index contributed by atoms with van der Waals surface area (Å²) < 4.78 is 114. The number of aryl methyl sites for hydroxylation is 1. The van der Waals surface area contributed by atoms with Crippen molar-refractivity contribution in [2.24, 2.45) is 0 Å². The molecule has 2 atom stereocenters. The van der Waals surface area contributed by atoms with Crippen LogP contribution in [0.4, 0.5) is 52.2 Å². The maximum atomic E-state index is 15.1. The molecule has 15 nitrogen and oxygen atoms in total. The number of anilines is 3. The normalized spacial score (nSPS) is 14.3. The molecule has 0 radical (unpaired) electrons. The predicted octanol–water partition coefficient (Wildman–Crippen LogP) is 17.3. The highest BCUT2D eigenvalue weighted by Gasteiger charge is 2.38. The fraction of sp³-hybridized carbons (Fsp3) is 0.343. The number of carbonyl (C=O) groups excluding carboxylic acids is 5. The highest BCUT2D eigenvalue weighted by molar-refractivity contribution is 6.40. The molecule has 4 amide bonds. The molecule has 0 spiro atoms. The zero-order valence-electron chi connectivity index (χ0n) is 52.9. The van der Waals surface area contributed by atoms with Crippen LogP contribution in [0.3, 0.4) is 0 Å². The average Bonchev–Trinajstić information content (AvgIpc) is 0.826. The van der Waals surface area contributed by atoms with E-state index >= 15 is 4.39 Å². The second-order valence-corrected chi connectivity index (χ2v) is 24.3. The maximum Gasteiger partial charge on any atom is 0.318 e. The molecular weight excluding hydrogens is 1390 g/mol. The number of carboxylic acid groups (broad SMARTS) is 1. The van der Waals surface area contributed by atoms with Crippen molar-refractivity contribution >= 4 is 111 Å². The minimum Gasteiger partial charge on any atom is -0.480 e. The molecule has 3 aliphatic rings. The number of amides is 4. The van der Waals surface area contributed by atoms with Crippen molar-refractivity contribution in [3.63, 3.8) is 0 Å². The Balaban J connectivity index is 0.000000250. The van der Waals surface area contributed by atoms with Gasteiger partial charge in [0.05, 0.1) is 11.3 Å². The van der Waals surface area contributed by atoms with Gasteiger partial charge in [-0.05, 0) is 106 Å². The zero-order chi connectivity index (χ0) is 72.0. The van der Waals surface area contributed by atoms with Crippen molar-refractivity contribution in [2.45, 2.75) is 140 Å². The Kier molecular flexibility index (Phi) is 33.8. The highest BCUT2D eigenvalue weighted by atomic mass is 35.5. The molecule has 1 aromatic heterocycles. The average molecular weight is 1470 g/mol. The number of nitrogens with one attached hydrogen (secondary N) is 2. The van der Waals surface area contributed by atoms with Gasteiger partial charge < -0.3 is 30.9 Å². The first kappa shape index (κ1) is 80.4. The quantitative estimate of drug-likeness (QED) is 0.0253. The second-order valence-electron chi connectivity index (χ2n) is 22.6. The molecule has 0 aliphatic heterocycles. The molecule has 98 heavy (non-hydrogen) atoms. The number of alkyl halides is 2. The third-order valence-electron chi connectivity index (χ3n) is 15.4. The third-order valence-corrected chi connectivity index (χ3v) is 17.0. The number of nitrogen functional groups attached to an aromatic ring is 1. The Labute approximate surface area is 587 Å². The number of nitrogens with two attached hydrogens (primary N) is 1. The van der Waals surface area contributed by atoms with Crippen LogP contribution in [-0.2, 0) is 30.5 Å². The van der Waals surface area contributed by atoms with E-state index in [0.717, 1.165) is 147 Å². The number of aliphatic carboxylic acids is 1. The van der Waals surface area contributed by atoms with Gasteiger partial charge in [0.2, 0.25) is 29.7 Å². The van der Waals surface area contributed by atoms with Gasteiger partial charge in [-0.15, -0.1) is 23.2 Å². The molecule has 0 saturated heterocycles. The summed E-state index contributed by atoms with van der Waals surface area (Å²) in [6.45, 7) is 8.23. The summed E-state index contributed by atoms with van der Waals surface area (Å²) in [5, 5.41) is 13.6. The van der Waals surface area contributed by atoms with Crippen molar-refractivity contribution in [1.29, 1.82) is 0 Å². The summed E-state index contributed by atoms with van der Waals surface area (Å²) in [7, 11) is 0. The molecule has 1 heterocycles. The molecule has 2 unspecified atom stereocenters. The van der Waals surface area contributed by atoms with Gasteiger partial charge in [-0.25, -0.2) is 46.7 Å². The van der Waals surface area contributed by atoms with Crippen molar-refractivity contribution < 1.29 is 69.0 Å². The molecule has 10 rings (SSSR count). The van der Waals surface area contributed by atoms with Gasteiger partial charge >= 0.3 is 5.97 Å². The number of imidazole rings is 1. The molecule has 0 bridgehead atoms. The van der Waals surface area contributed by atoms with E-state index in [4.69, 9.17) is 75.4 Å². The fourth-order valence-corrected chi connectivity index (χ4v) is 11.2. The number of hydrogen-bond donors (Lipinski definition) is 4. The molecular formula is C70H71Cl5F8N8O7.